The van der Waals surface area contributed by atoms with Crippen molar-refractivity contribution in [2.45, 2.75) is 0 Å². The van der Waals surface area contributed by atoms with E-state index in [9.17, 15) is 39.6 Å². The zero-order valence-electron chi connectivity index (χ0n) is 31.9. The molecule has 292 valence electrons. The van der Waals surface area contributed by atoms with Crippen molar-refractivity contribution >= 4 is 70.2 Å². The molecule has 2 aliphatic rings. The number of para-hydroxylation sites is 1. The third kappa shape index (κ3) is 7.13. The number of hydrogen-bond donors (Lipinski definition) is 5. The number of fused-ring (bicyclic) bond motifs is 8. The predicted octanol–water partition coefficient (Wildman–Crippen LogP) is 9.91. The Morgan fingerprint density at radius 1 is 0.459 bits per heavy atom. The molecule has 13 heteroatoms. The van der Waals surface area contributed by atoms with Crippen molar-refractivity contribution in [1.82, 2.24) is 19.5 Å². The molecular weight excluding hydrogens is 826 g/mol. The van der Waals surface area contributed by atoms with Crippen molar-refractivity contribution in [1.29, 1.82) is 0 Å². The molecular formula is C48H30N4O8Zn. The van der Waals surface area contributed by atoms with Crippen LogP contribution >= 0.6 is 0 Å². The van der Waals surface area contributed by atoms with E-state index in [0.29, 0.717) is 22.6 Å². The molecule has 0 radical (unpaired) electrons. The first-order valence-electron chi connectivity index (χ1n) is 18.5. The summed E-state index contributed by atoms with van der Waals surface area (Å²) in [5, 5.41) is 43.0. The van der Waals surface area contributed by atoms with E-state index in [4.69, 9.17) is 9.97 Å². The normalized spacial score (nSPS) is 11.5. The number of hydrogen-bond acceptors (Lipinski definition) is 6. The fraction of sp³-hybridized carbons (Fsp3) is 0. The summed E-state index contributed by atoms with van der Waals surface area (Å²) in [7, 11) is 0. The maximum Gasteiger partial charge on any atom is 0.337 e. The van der Waals surface area contributed by atoms with Crippen LogP contribution in [0.15, 0.2) is 127 Å². The minimum atomic E-state index is -1.30. The number of nitrogens with zero attached hydrogens (tertiary/aromatic N) is 3. The summed E-state index contributed by atoms with van der Waals surface area (Å²) >= 11 is 0. The Morgan fingerprint density at radius 3 is 1.43 bits per heavy atom. The molecule has 7 aromatic rings. The summed E-state index contributed by atoms with van der Waals surface area (Å²) in [6.07, 6.45) is 7.01. The van der Waals surface area contributed by atoms with Gasteiger partial charge in [-0.3, -0.25) is 0 Å². The van der Waals surface area contributed by atoms with Gasteiger partial charge in [-0.2, -0.15) is 0 Å². The molecule has 5 heterocycles. The Bertz CT molecular complexity index is 3250. The number of carboxylic acids is 4. The summed E-state index contributed by atoms with van der Waals surface area (Å²) in [4.78, 5) is 66.1. The van der Waals surface area contributed by atoms with Gasteiger partial charge in [0.2, 0.25) is 0 Å². The minimum Gasteiger partial charge on any atom is -0.478 e. The van der Waals surface area contributed by atoms with E-state index in [1.54, 1.807) is 108 Å². The minimum absolute atomic E-state index is 0. The van der Waals surface area contributed by atoms with E-state index in [1.165, 1.54) is 24.3 Å². The second-order valence-electron chi connectivity index (χ2n) is 13.9. The largest absolute Gasteiger partial charge is 0.478 e. The second kappa shape index (κ2) is 16.0. The third-order valence-corrected chi connectivity index (χ3v) is 10.3. The number of H-pyrrole nitrogens is 1. The van der Waals surface area contributed by atoms with Crippen LogP contribution in [0.25, 0.3) is 85.4 Å². The van der Waals surface area contributed by atoms with Gasteiger partial charge < -0.3 is 30.0 Å². The molecule has 0 fully saturated rings. The zero-order chi connectivity index (χ0) is 41.7. The number of aromatic nitrogens is 4. The van der Waals surface area contributed by atoms with E-state index < -0.39 is 23.9 Å². The van der Waals surface area contributed by atoms with Crippen LogP contribution in [0.2, 0.25) is 0 Å². The standard InChI is InChI=1S/C48H30N4O8.Zn/c53-45(54)34-12-4-1-9-31(34)41-38-22-21-29(51-38)24-28-18-17-26(49-28)23-27-19-20-30(50-27)25-40-42(32-10-2-5-13-35(32)46(55)56)43(33-11-3-6-14-36(33)47(57)58)44(41)52(40)39-16-8-7-15-37(39)48(59)60;/h1-25,49H,(H,53,54)(H,55,56)(H,57,58)(H,59,60);. The molecule has 4 aromatic carbocycles. The average molecular weight is 856 g/mol. The number of aromatic amines is 1. The van der Waals surface area contributed by atoms with Gasteiger partial charge in [-0.25, -0.2) is 29.1 Å². The van der Waals surface area contributed by atoms with Crippen LogP contribution in [-0.2, 0) is 19.5 Å². The number of carbonyl (C=O) groups is 4. The van der Waals surface area contributed by atoms with Crippen LogP contribution in [0.1, 0.15) is 64.2 Å². The van der Waals surface area contributed by atoms with Gasteiger partial charge in [0.25, 0.3) is 0 Å². The van der Waals surface area contributed by atoms with Crippen molar-refractivity contribution in [2.24, 2.45) is 0 Å². The van der Waals surface area contributed by atoms with Crippen LogP contribution < -0.4 is 0 Å². The Hall–Kier alpha value is -8.02. The maximum atomic E-state index is 13.2. The van der Waals surface area contributed by atoms with Gasteiger partial charge in [-0.15, -0.1) is 0 Å². The van der Waals surface area contributed by atoms with Gasteiger partial charge in [0.05, 0.1) is 61.8 Å². The molecule has 12 nitrogen and oxygen atoms in total. The molecule has 0 saturated heterocycles. The summed E-state index contributed by atoms with van der Waals surface area (Å²) in [5.41, 5.74) is 4.17. The number of aromatic carboxylic acids is 4. The Labute approximate surface area is 358 Å². The van der Waals surface area contributed by atoms with Gasteiger partial charge in [0, 0.05) is 52.8 Å². The molecule has 0 saturated carbocycles. The number of benzene rings is 4. The van der Waals surface area contributed by atoms with E-state index in [0.717, 1.165) is 5.52 Å². The zero-order valence-corrected chi connectivity index (χ0v) is 34.9. The maximum absolute atomic E-state index is 13.2. The van der Waals surface area contributed by atoms with Crippen LogP contribution in [0, 0.1) is 0 Å². The molecule has 0 amide bonds. The third-order valence-electron chi connectivity index (χ3n) is 10.3. The van der Waals surface area contributed by atoms with Gasteiger partial charge in [-0.05, 0) is 96.1 Å². The molecule has 3 aromatic heterocycles. The average Bonchev–Trinajstić information content (AvgIpc) is 4.06. The van der Waals surface area contributed by atoms with E-state index in [1.807, 2.05) is 24.3 Å². The topological polar surface area (TPSA) is 196 Å². The fourth-order valence-corrected chi connectivity index (χ4v) is 7.86. The monoisotopic (exact) mass is 854 g/mol. The first-order chi connectivity index (χ1) is 29.1. The molecule has 8 bridgehead atoms. The summed E-state index contributed by atoms with van der Waals surface area (Å²) in [6, 6.07) is 34.1. The van der Waals surface area contributed by atoms with Crippen LogP contribution in [0.3, 0.4) is 0 Å². The number of rotatable bonds is 8. The Balaban J connectivity index is 0.00000514. The summed E-state index contributed by atoms with van der Waals surface area (Å²) < 4.78 is 1.62. The van der Waals surface area contributed by atoms with Crippen LogP contribution in [0.5, 0.6) is 0 Å². The molecule has 2 aliphatic heterocycles. The first-order valence-corrected chi connectivity index (χ1v) is 18.5. The van der Waals surface area contributed by atoms with Crippen molar-refractivity contribution in [2.75, 3.05) is 0 Å². The molecule has 5 N–H and O–H groups in total. The van der Waals surface area contributed by atoms with E-state index in [-0.39, 0.29) is 97.5 Å². The molecule has 61 heavy (non-hydrogen) atoms. The van der Waals surface area contributed by atoms with E-state index in [2.05, 4.69) is 4.98 Å². The molecule has 0 spiro atoms. The molecule has 0 unspecified atom stereocenters. The summed E-state index contributed by atoms with van der Waals surface area (Å²) in [5.74, 6) is -5.14. The molecule has 9 rings (SSSR count). The quantitative estimate of drug-likeness (QED) is 0.0918. The fourth-order valence-electron chi connectivity index (χ4n) is 7.86. The van der Waals surface area contributed by atoms with Gasteiger partial charge in [0.1, 0.15) is 0 Å². The van der Waals surface area contributed by atoms with Crippen LogP contribution in [-0.4, -0.2) is 63.8 Å². The van der Waals surface area contributed by atoms with Crippen molar-refractivity contribution in [3.63, 3.8) is 0 Å². The first kappa shape index (κ1) is 39.8. The second-order valence-corrected chi connectivity index (χ2v) is 13.9. The predicted molar refractivity (Wildman–Crippen MR) is 228 cm³/mol. The Kier molecular flexibility index (Phi) is 10.4. The van der Waals surface area contributed by atoms with Gasteiger partial charge in [0.15, 0.2) is 0 Å². The van der Waals surface area contributed by atoms with Crippen molar-refractivity contribution in [3.05, 3.63) is 172 Å². The number of carboxylic acid groups (broad SMARTS) is 4. The smallest absolute Gasteiger partial charge is 0.337 e. The van der Waals surface area contributed by atoms with Gasteiger partial charge >= 0.3 is 23.9 Å². The van der Waals surface area contributed by atoms with Crippen molar-refractivity contribution < 1.29 is 59.1 Å². The molecule has 0 atom stereocenters. The summed E-state index contributed by atoms with van der Waals surface area (Å²) in [6.45, 7) is 0. The molecule has 0 aliphatic carbocycles. The number of nitrogens with one attached hydrogen (secondary N) is 1. The van der Waals surface area contributed by atoms with Crippen molar-refractivity contribution in [3.8, 4) is 39.1 Å². The van der Waals surface area contributed by atoms with Gasteiger partial charge in [-0.1, -0.05) is 66.7 Å². The van der Waals surface area contributed by atoms with Crippen LogP contribution in [0.4, 0.5) is 0 Å². The van der Waals surface area contributed by atoms with E-state index >= 15 is 0 Å². The Morgan fingerprint density at radius 2 is 0.885 bits per heavy atom. The SMILES string of the molecule is O=C(O)c1ccccc1-c1c(-c2ccccc2C(=O)O)c2c(-c3ccccc3C(=O)O)c3nc(cc4ccc(cc5nc(cc1n2-c1ccccc1C(=O)O)C=C5)[nH]4)C=C3.[Zn].